The van der Waals surface area contributed by atoms with Crippen LogP contribution in [0.5, 0.6) is 0 Å². The van der Waals surface area contributed by atoms with Gasteiger partial charge in [0.05, 0.1) is 11.4 Å². The largest absolute Gasteiger partial charge is 0.311 e. The van der Waals surface area contributed by atoms with E-state index in [9.17, 15) is 0 Å². The number of nitrogens with zero attached hydrogens (tertiary/aromatic N) is 5. The smallest absolute Gasteiger partial charge is 0.252 e. The first-order valence-electron chi connectivity index (χ1n) is 28.3. The van der Waals surface area contributed by atoms with Crippen LogP contribution < -0.4 is 57.3 Å². The Balaban J connectivity index is 0.998. The maximum Gasteiger partial charge on any atom is 0.252 e. The van der Waals surface area contributed by atoms with Gasteiger partial charge < -0.3 is 24.5 Å². The molecule has 386 valence electrons. The number of rotatable bonds is 9. The van der Waals surface area contributed by atoms with Gasteiger partial charge in [-0.2, -0.15) is 0 Å². The Morgan fingerprint density at radius 3 is 1.15 bits per heavy atom. The highest BCUT2D eigenvalue weighted by atomic mass is 32.2. The lowest BCUT2D eigenvalue weighted by Gasteiger charge is -2.46. The molecule has 5 nitrogen and oxygen atoms in total. The summed E-state index contributed by atoms with van der Waals surface area (Å²) in [5.41, 5.74) is 27.4. The average Bonchev–Trinajstić information content (AvgIpc) is 1.64. The third-order valence-electron chi connectivity index (χ3n) is 17.0. The fourth-order valence-corrected chi connectivity index (χ4v) is 14.9. The Labute approximate surface area is 484 Å². The molecule has 4 heterocycles. The molecule has 0 unspecified atom stereocenters. The number of anilines is 15. The van der Waals surface area contributed by atoms with Gasteiger partial charge in [-0.05, 0) is 168 Å². The zero-order chi connectivity index (χ0) is 54.4. The first-order chi connectivity index (χ1) is 40.6. The number of aryl methyl sites for hydroxylation is 2. The minimum absolute atomic E-state index is 0.0551. The maximum absolute atomic E-state index is 2.64. The lowest BCUT2D eigenvalue weighted by Crippen LogP contribution is -2.64. The summed E-state index contributed by atoms with van der Waals surface area (Å²) in [6.45, 7) is 4.41. The summed E-state index contributed by atoms with van der Waals surface area (Å²) in [5.74, 6) is 0. The molecular formula is C74H53B2N5S. The molecule has 0 saturated heterocycles. The van der Waals surface area contributed by atoms with Crippen molar-refractivity contribution in [1.82, 2.24) is 0 Å². The van der Waals surface area contributed by atoms with Gasteiger partial charge in [-0.1, -0.05) is 187 Å². The first-order valence-corrected chi connectivity index (χ1v) is 29.1. The van der Waals surface area contributed by atoms with Gasteiger partial charge in [0, 0.05) is 83.7 Å². The Bertz CT molecular complexity index is 4340. The summed E-state index contributed by atoms with van der Waals surface area (Å²) in [6.07, 6.45) is 0. The molecule has 0 amide bonds. The second kappa shape index (κ2) is 19.4. The Morgan fingerprint density at radius 1 is 0.280 bits per heavy atom. The number of fused-ring (bicyclic) bond motifs is 8. The van der Waals surface area contributed by atoms with Crippen molar-refractivity contribution >= 4 is 143 Å². The van der Waals surface area contributed by atoms with Crippen LogP contribution >= 0.6 is 11.8 Å². The Kier molecular flexibility index (Phi) is 11.4. The van der Waals surface area contributed by atoms with Gasteiger partial charge >= 0.3 is 0 Å². The van der Waals surface area contributed by atoms with Crippen molar-refractivity contribution < 1.29 is 0 Å². The minimum atomic E-state index is -0.101. The van der Waals surface area contributed by atoms with Crippen molar-refractivity contribution in [1.29, 1.82) is 0 Å². The van der Waals surface area contributed by atoms with Crippen molar-refractivity contribution in [2.75, 3.05) is 24.5 Å². The van der Waals surface area contributed by atoms with E-state index >= 15 is 0 Å². The Hall–Kier alpha value is -9.88. The van der Waals surface area contributed by atoms with Crippen LogP contribution in [0.3, 0.4) is 0 Å². The third kappa shape index (κ3) is 7.59. The highest BCUT2D eigenvalue weighted by Crippen LogP contribution is 2.52. The summed E-state index contributed by atoms with van der Waals surface area (Å²) < 4.78 is 0. The summed E-state index contributed by atoms with van der Waals surface area (Å²) in [7, 11) is 0. The molecule has 0 radical (unpaired) electrons. The first kappa shape index (κ1) is 48.1. The molecule has 12 aromatic rings. The van der Waals surface area contributed by atoms with E-state index in [4.69, 9.17) is 0 Å². The lowest BCUT2D eigenvalue weighted by atomic mass is 9.31. The van der Waals surface area contributed by atoms with Crippen LogP contribution in [-0.4, -0.2) is 13.4 Å². The van der Waals surface area contributed by atoms with E-state index in [-0.39, 0.29) is 13.4 Å². The van der Waals surface area contributed by atoms with Gasteiger partial charge in [0.1, 0.15) is 0 Å². The van der Waals surface area contributed by atoms with Gasteiger partial charge in [0.15, 0.2) is 0 Å². The molecule has 0 aromatic heterocycles. The quantitative estimate of drug-likeness (QED) is 0.133. The zero-order valence-corrected chi connectivity index (χ0v) is 46.3. The van der Waals surface area contributed by atoms with E-state index < -0.39 is 0 Å². The molecule has 0 atom stereocenters. The van der Waals surface area contributed by atoms with Crippen LogP contribution in [-0.2, 0) is 0 Å². The maximum atomic E-state index is 2.64. The molecule has 4 aliphatic heterocycles. The monoisotopic (exact) mass is 1070 g/mol. The molecule has 82 heavy (non-hydrogen) atoms. The minimum Gasteiger partial charge on any atom is -0.311 e. The highest BCUT2D eigenvalue weighted by molar-refractivity contribution is 8.00. The van der Waals surface area contributed by atoms with E-state index in [0.717, 1.165) is 51.2 Å². The number of benzene rings is 12. The van der Waals surface area contributed by atoms with Gasteiger partial charge in [-0.15, -0.1) is 0 Å². The summed E-state index contributed by atoms with van der Waals surface area (Å²) in [4.78, 5) is 15.0. The molecular weight excluding hydrogens is 1010 g/mol. The number of hydrogen-bond donors (Lipinski definition) is 0. The molecule has 4 aliphatic rings. The standard InChI is InChI=1S/C74H53B2N5S/c1-50-26-25-27-51(2)74(50)81-66-49-70-63(76-61-41-22-24-43-65(61)80(57-38-19-8-20-39-57)69-46-59(47-71(82-70)73(69)76)78(54-32-13-5-14-33-54)55-34-15-6-16-35-55)48-62(66)75-60-40-21-23-42-64(60)79(56-36-17-7-18-37-56)67-44-58(45-68(81)72(67)75)77(52-28-9-3-10-29-52)53-30-11-4-12-31-53/h3-49H,1-2H3. The highest BCUT2D eigenvalue weighted by Gasteiger charge is 2.48. The normalized spacial score (nSPS) is 13.1. The average molecular weight is 1070 g/mol. The van der Waals surface area contributed by atoms with Crippen LogP contribution in [0.25, 0.3) is 0 Å². The van der Waals surface area contributed by atoms with E-state index in [0.29, 0.717) is 0 Å². The van der Waals surface area contributed by atoms with E-state index in [1.54, 1.807) is 0 Å². The molecule has 16 rings (SSSR count). The van der Waals surface area contributed by atoms with Gasteiger partial charge in [-0.3, -0.25) is 0 Å². The van der Waals surface area contributed by atoms with Crippen LogP contribution in [0.4, 0.5) is 85.3 Å². The van der Waals surface area contributed by atoms with E-state index in [2.05, 4.69) is 323 Å². The molecule has 0 spiro atoms. The van der Waals surface area contributed by atoms with Gasteiger partial charge in [-0.25, -0.2) is 0 Å². The Morgan fingerprint density at radius 2 is 0.671 bits per heavy atom. The number of para-hydroxylation sites is 9. The predicted octanol–water partition coefficient (Wildman–Crippen LogP) is 16.1. The van der Waals surface area contributed by atoms with Crippen LogP contribution in [0, 0.1) is 13.8 Å². The molecule has 12 aromatic carbocycles. The van der Waals surface area contributed by atoms with Crippen molar-refractivity contribution in [3.8, 4) is 0 Å². The molecule has 0 aliphatic carbocycles. The summed E-state index contributed by atoms with van der Waals surface area (Å²) in [5, 5.41) is 0. The molecule has 0 bridgehead atoms. The number of hydrogen-bond acceptors (Lipinski definition) is 6. The van der Waals surface area contributed by atoms with Crippen molar-refractivity contribution in [2.45, 2.75) is 23.6 Å². The van der Waals surface area contributed by atoms with Crippen molar-refractivity contribution in [3.05, 3.63) is 296 Å². The second-order valence-corrected chi connectivity index (χ2v) is 22.8. The SMILES string of the molecule is Cc1cccc(C)c1N1c2cc3c(cc2B2c4ccccc4N(c4ccccc4)c4cc(N(c5ccccc5)c5ccccc5)cc1c42)B1c2ccccc2N(c2ccccc2)c2cc(N(c4ccccc4)c4ccccc4)cc(c21)S3. The van der Waals surface area contributed by atoms with Gasteiger partial charge in [0.25, 0.3) is 6.71 Å². The topological polar surface area (TPSA) is 16.2 Å². The summed E-state index contributed by atoms with van der Waals surface area (Å²) >= 11 is 1.92. The van der Waals surface area contributed by atoms with E-state index in [1.807, 2.05) is 11.8 Å². The third-order valence-corrected chi connectivity index (χ3v) is 18.1. The fraction of sp³-hybridized carbons (Fsp3) is 0.0270. The van der Waals surface area contributed by atoms with Crippen molar-refractivity contribution in [3.63, 3.8) is 0 Å². The zero-order valence-electron chi connectivity index (χ0n) is 45.4. The van der Waals surface area contributed by atoms with E-state index in [1.165, 1.54) is 87.8 Å². The molecule has 8 heteroatoms. The van der Waals surface area contributed by atoms with Crippen LogP contribution in [0.2, 0.25) is 0 Å². The summed E-state index contributed by atoms with van der Waals surface area (Å²) in [6, 6.07) is 105. The van der Waals surface area contributed by atoms with Gasteiger partial charge in [0.2, 0.25) is 6.71 Å². The van der Waals surface area contributed by atoms with Crippen LogP contribution in [0.1, 0.15) is 11.1 Å². The lowest BCUT2D eigenvalue weighted by molar-refractivity contribution is 1.19. The fourth-order valence-electron chi connectivity index (χ4n) is 13.7. The van der Waals surface area contributed by atoms with Crippen LogP contribution in [0.15, 0.2) is 295 Å². The molecule has 0 fully saturated rings. The molecule has 0 saturated carbocycles. The molecule has 0 N–H and O–H groups in total. The predicted molar refractivity (Wildman–Crippen MR) is 349 cm³/mol. The van der Waals surface area contributed by atoms with Crippen molar-refractivity contribution in [2.24, 2.45) is 0 Å². The second-order valence-electron chi connectivity index (χ2n) is 21.7.